The lowest BCUT2D eigenvalue weighted by atomic mass is 10.1. The van der Waals surface area contributed by atoms with Crippen molar-refractivity contribution in [3.63, 3.8) is 0 Å². The minimum Gasteiger partial charge on any atom is -0.463 e. The molecular formula is C14H14F3NO3. The molecule has 0 bridgehead atoms. The number of esters is 1. The van der Waals surface area contributed by atoms with E-state index < -0.39 is 17.8 Å². The topological polar surface area (TPSA) is 55.4 Å². The van der Waals surface area contributed by atoms with E-state index in [0.717, 1.165) is 0 Å². The molecule has 0 spiro atoms. The van der Waals surface area contributed by atoms with Gasteiger partial charge in [-0.1, -0.05) is 12.1 Å². The Labute approximate surface area is 119 Å². The number of anilines is 1. The zero-order chi connectivity index (χ0) is 16.0. The highest BCUT2D eigenvalue weighted by atomic mass is 19.4. The number of allylic oxidation sites excluding steroid dienone is 1. The number of carbonyl (C=O) groups is 2. The van der Waals surface area contributed by atoms with E-state index in [9.17, 15) is 22.8 Å². The normalized spacial score (nSPS) is 12.0. The van der Waals surface area contributed by atoms with Crippen molar-refractivity contribution in [3.05, 3.63) is 41.6 Å². The van der Waals surface area contributed by atoms with Crippen LogP contribution in [0, 0.1) is 0 Å². The number of alkyl halides is 3. The molecule has 0 saturated heterocycles. The number of hydrogen-bond acceptors (Lipinski definition) is 4. The summed E-state index contributed by atoms with van der Waals surface area (Å²) in [6.07, 6.45) is -4.41. The van der Waals surface area contributed by atoms with Crippen molar-refractivity contribution in [1.29, 1.82) is 0 Å². The van der Waals surface area contributed by atoms with Gasteiger partial charge in [-0.2, -0.15) is 13.2 Å². The Balaban J connectivity index is 3.05. The molecule has 1 aromatic carbocycles. The van der Waals surface area contributed by atoms with E-state index in [2.05, 4.69) is 10.1 Å². The van der Waals surface area contributed by atoms with Crippen molar-refractivity contribution >= 4 is 17.4 Å². The quantitative estimate of drug-likeness (QED) is 0.515. The van der Waals surface area contributed by atoms with E-state index in [1.54, 1.807) is 0 Å². The summed E-state index contributed by atoms with van der Waals surface area (Å²) in [5.74, 6) is -1.37. The second kappa shape index (κ2) is 6.92. The average Bonchev–Trinajstić information content (AvgIpc) is 2.37. The molecule has 0 heterocycles. The number of ketones is 1. The fourth-order valence-electron chi connectivity index (χ4n) is 1.46. The summed E-state index contributed by atoms with van der Waals surface area (Å²) < 4.78 is 43.0. The Morgan fingerprint density at radius 1 is 1.33 bits per heavy atom. The zero-order valence-electron chi connectivity index (χ0n) is 11.5. The molecule has 21 heavy (non-hydrogen) atoms. The Morgan fingerprint density at radius 3 is 2.52 bits per heavy atom. The first kappa shape index (κ1) is 16.7. The fourth-order valence-corrected chi connectivity index (χ4v) is 1.46. The van der Waals surface area contributed by atoms with Gasteiger partial charge in [0.05, 0.1) is 12.7 Å². The minimum absolute atomic E-state index is 0.0275. The molecule has 1 rings (SSSR count). The van der Waals surface area contributed by atoms with Gasteiger partial charge in [0.1, 0.15) is 5.70 Å². The lowest BCUT2D eigenvalue weighted by Crippen LogP contribution is -2.21. The third-order valence-electron chi connectivity index (χ3n) is 2.40. The monoisotopic (exact) mass is 301 g/mol. The maximum Gasteiger partial charge on any atom is 0.431 e. The van der Waals surface area contributed by atoms with Crippen LogP contribution in [0.2, 0.25) is 0 Å². The standard InChI is InChI=1S/C14H14F3NO3/c1-3-21-13(20)8-12(14(15,16)17)18-11-6-4-5-10(7-11)9(2)19/h4-8,18H,3H2,1-2H3/b12-8+. The van der Waals surface area contributed by atoms with Gasteiger partial charge in [0.25, 0.3) is 0 Å². The summed E-state index contributed by atoms with van der Waals surface area (Å²) >= 11 is 0. The van der Waals surface area contributed by atoms with Gasteiger partial charge < -0.3 is 10.1 Å². The van der Waals surface area contributed by atoms with Crippen molar-refractivity contribution in [1.82, 2.24) is 0 Å². The second-order valence-corrected chi connectivity index (χ2v) is 4.07. The van der Waals surface area contributed by atoms with Crippen LogP contribution in [0.25, 0.3) is 0 Å². The zero-order valence-corrected chi connectivity index (χ0v) is 11.5. The molecule has 0 fully saturated rings. The molecule has 0 aliphatic rings. The van der Waals surface area contributed by atoms with E-state index in [1.165, 1.54) is 38.1 Å². The molecule has 0 radical (unpaired) electrons. The number of benzene rings is 1. The van der Waals surface area contributed by atoms with Gasteiger partial charge in [-0.3, -0.25) is 4.79 Å². The Kier molecular flexibility index (Phi) is 5.52. The maximum atomic E-state index is 12.9. The summed E-state index contributed by atoms with van der Waals surface area (Å²) in [5, 5.41) is 2.09. The summed E-state index contributed by atoms with van der Waals surface area (Å²) in [4.78, 5) is 22.4. The molecule has 0 unspecified atom stereocenters. The Hall–Kier alpha value is -2.31. The van der Waals surface area contributed by atoms with Crippen LogP contribution in [-0.4, -0.2) is 24.5 Å². The van der Waals surface area contributed by atoms with E-state index in [1.807, 2.05) is 0 Å². The van der Waals surface area contributed by atoms with Gasteiger partial charge in [0.2, 0.25) is 0 Å². The first-order chi connectivity index (χ1) is 9.74. The fraction of sp³-hybridized carbons (Fsp3) is 0.286. The third kappa shape index (κ3) is 5.29. The first-order valence-electron chi connectivity index (χ1n) is 6.07. The molecule has 0 aliphatic carbocycles. The molecule has 0 aliphatic heterocycles. The number of nitrogens with one attached hydrogen (secondary N) is 1. The Morgan fingerprint density at radius 2 is 2.00 bits per heavy atom. The minimum atomic E-state index is -4.75. The number of ether oxygens (including phenoxy) is 1. The van der Waals surface area contributed by atoms with Gasteiger partial charge in [-0.15, -0.1) is 0 Å². The summed E-state index contributed by atoms with van der Waals surface area (Å²) in [6.45, 7) is 2.77. The van der Waals surface area contributed by atoms with Crippen LogP contribution in [0.15, 0.2) is 36.0 Å². The molecule has 7 heteroatoms. The third-order valence-corrected chi connectivity index (χ3v) is 2.40. The maximum absolute atomic E-state index is 12.9. The molecule has 0 amide bonds. The molecule has 4 nitrogen and oxygen atoms in total. The molecule has 1 aromatic rings. The summed E-state index contributed by atoms with van der Waals surface area (Å²) in [6, 6.07) is 5.55. The predicted octanol–water partition coefficient (Wildman–Crippen LogP) is 3.31. The second-order valence-electron chi connectivity index (χ2n) is 4.07. The predicted molar refractivity (Wildman–Crippen MR) is 70.8 cm³/mol. The highest BCUT2D eigenvalue weighted by molar-refractivity contribution is 5.95. The van der Waals surface area contributed by atoms with Crippen LogP contribution in [0.4, 0.5) is 18.9 Å². The van der Waals surface area contributed by atoms with Gasteiger partial charge >= 0.3 is 12.1 Å². The molecule has 0 saturated carbocycles. The van der Waals surface area contributed by atoms with E-state index in [0.29, 0.717) is 6.08 Å². The lowest BCUT2D eigenvalue weighted by molar-refractivity contribution is -0.138. The van der Waals surface area contributed by atoms with Crippen LogP contribution in [0.5, 0.6) is 0 Å². The molecule has 1 N–H and O–H groups in total. The number of halogens is 3. The first-order valence-corrected chi connectivity index (χ1v) is 6.07. The lowest BCUT2D eigenvalue weighted by Gasteiger charge is -2.14. The van der Waals surface area contributed by atoms with Crippen LogP contribution in [-0.2, 0) is 9.53 Å². The van der Waals surface area contributed by atoms with Crippen LogP contribution in [0.1, 0.15) is 24.2 Å². The van der Waals surface area contributed by atoms with E-state index in [4.69, 9.17) is 0 Å². The molecule has 114 valence electrons. The van der Waals surface area contributed by atoms with E-state index in [-0.39, 0.29) is 23.6 Å². The average molecular weight is 301 g/mol. The van der Waals surface area contributed by atoms with Crippen molar-refractivity contribution in [2.24, 2.45) is 0 Å². The largest absolute Gasteiger partial charge is 0.463 e. The van der Waals surface area contributed by atoms with Gasteiger partial charge in [0, 0.05) is 11.3 Å². The highest BCUT2D eigenvalue weighted by Crippen LogP contribution is 2.27. The van der Waals surface area contributed by atoms with Crippen molar-refractivity contribution in [3.8, 4) is 0 Å². The summed E-state index contributed by atoms with van der Waals surface area (Å²) in [5.41, 5.74) is -0.949. The van der Waals surface area contributed by atoms with E-state index >= 15 is 0 Å². The SMILES string of the molecule is CCOC(=O)/C=C(/Nc1cccc(C(C)=O)c1)C(F)(F)F. The number of Topliss-reactive ketones (excluding diaryl/α,β-unsaturated/α-hetero) is 1. The molecule has 0 aromatic heterocycles. The number of rotatable bonds is 5. The molecule has 0 atom stereocenters. The smallest absolute Gasteiger partial charge is 0.431 e. The Bertz CT molecular complexity index is 565. The summed E-state index contributed by atoms with van der Waals surface area (Å²) in [7, 11) is 0. The van der Waals surface area contributed by atoms with Crippen molar-refractivity contribution in [2.75, 3.05) is 11.9 Å². The highest BCUT2D eigenvalue weighted by Gasteiger charge is 2.35. The van der Waals surface area contributed by atoms with Crippen LogP contribution in [0.3, 0.4) is 0 Å². The van der Waals surface area contributed by atoms with Crippen LogP contribution < -0.4 is 5.32 Å². The van der Waals surface area contributed by atoms with Gasteiger partial charge in [-0.25, -0.2) is 4.79 Å². The molecular weight excluding hydrogens is 287 g/mol. The number of hydrogen-bond donors (Lipinski definition) is 1. The van der Waals surface area contributed by atoms with Crippen LogP contribution >= 0.6 is 0 Å². The number of carbonyl (C=O) groups excluding carboxylic acids is 2. The van der Waals surface area contributed by atoms with Gasteiger partial charge in [-0.05, 0) is 26.0 Å². The van der Waals surface area contributed by atoms with Crippen molar-refractivity contribution in [2.45, 2.75) is 20.0 Å². The van der Waals surface area contributed by atoms with Gasteiger partial charge in [0.15, 0.2) is 5.78 Å². The van der Waals surface area contributed by atoms with Crippen molar-refractivity contribution < 1.29 is 27.5 Å².